The molecule has 3 aromatic rings. The van der Waals surface area contributed by atoms with E-state index in [1.165, 1.54) is 25.0 Å². The van der Waals surface area contributed by atoms with E-state index in [2.05, 4.69) is 26.2 Å². The van der Waals surface area contributed by atoms with Crippen LogP contribution in [0.3, 0.4) is 0 Å². The molecule has 1 aliphatic heterocycles. The van der Waals surface area contributed by atoms with Crippen LogP contribution in [0, 0.1) is 5.82 Å². The van der Waals surface area contributed by atoms with Gasteiger partial charge in [-0.05, 0) is 35.5 Å². The second-order valence-electron chi connectivity index (χ2n) is 6.56. The number of hydrogen-bond acceptors (Lipinski definition) is 7. The van der Waals surface area contributed by atoms with Crippen LogP contribution in [0.1, 0.15) is 18.5 Å². The van der Waals surface area contributed by atoms with E-state index in [-0.39, 0.29) is 11.1 Å². The lowest BCUT2D eigenvalue weighted by molar-refractivity contribution is -0.113. The lowest BCUT2D eigenvalue weighted by Gasteiger charge is -2.28. The van der Waals surface area contributed by atoms with Crippen molar-refractivity contribution < 1.29 is 18.7 Å². The van der Waals surface area contributed by atoms with Crippen molar-refractivity contribution in [2.75, 3.05) is 24.9 Å². The number of amides is 1. The van der Waals surface area contributed by atoms with Gasteiger partial charge in [-0.25, -0.2) is 4.39 Å². The number of carbonyl (C=O) groups excluding carboxylic acids is 1. The first-order valence-corrected chi connectivity index (χ1v) is 9.07. The first-order chi connectivity index (χ1) is 14.5. The Bertz CT molecular complexity index is 1140. The molecule has 0 bridgehead atoms. The predicted octanol–water partition coefficient (Wildman–Crippen LogP) is 2.76. The molecule has 0 saturated carbocycles. The van der Waals surface area contributed by atoms with Crippen molar-refractivity contribution >= 4 is 17.5 Å². The Labute approximate surface area is 171 Å². The molecule has 2 N–H and O–H groups in total. The minimum Gasteiger partial charge on any atom is -0.497 e. The smallest absolute Gasteiger partial charge is 0.255 e. The number of aromatic nitrogens is 4. The van der Waals surface area contributed by atoms with Crippen molar-refractivity contribution in [1.29, 1.82) is 0 Å². The third-order valence-corrected chi connectivity index (χ3v) is 4.81. The summed E-state index contributed by atoms with van der Waals surface area (Å²) in [7, 11) is 3.03. The van der Waals surface area contributed by atoms with E-state index >= 15 is 0 Å². The molecule has 1 aromatic heterocycles. The number of nitrogens with one attached hydrogen (secondary N) is 2. The van der Waals surface area contributed by atoms with E-state index in [0.717, 1.165) is 0 Å². The van der Waals surface area contributed by atoms with Crippen LogP contribution in [-0.2, 0) is 4.79 Å². The summed E-state index contributed by atoms with van der Waals surface area (Å²) >= 11 is 0. The van der Waals surface area contributed by atoms with Crippen LogP contribution in [0.25, 0.3) is 0 Å². The molecular weight excluding hydrogens is 391 g/mol. The summed E-state index contributed by atoms with van der Waals surface area (Å²) in [5.74, 6) is 0.392. The van der Waals surface area contributed by atoms with Gasteiger partial charge in [0.1, 0.15) is 23.4 Å². The van der Waals surface area contributed by atoms with Crippen LogP contribution in [0.4, 0.5) is 16.0 Å². The second kappa shape index (κ2) is 7.82. The van der Waals surface area contributed by atoms with Crippen molar-refractivity contribution in [2.45, 2.75) is 13.0 Å². The van der Waals surface area contributed by atoms with Gasteiger partial charge in [-0.15, -0.1) is 0 Å². The zero-order valence-corrected chi connectivity index (χ0v) is 16.5. The van der Waals surface area contributed by atoms with Gasteiger partial charge in [0.2, 0.25) is 5.95 Å². The molecule has 0 aliphatic carbocycles. The van der Waals surface area contributed by atoms with Gasteiger partial charge < -0.3 is 20.1 Å². The number of benzene rings is 2. The van der Waals surface area contributed by atoms with Crippen LogP contribution in [0.15, 0.2) is 53.7 Å². The first kappa shape index (κ1) is 19.4. The van der Waals surface area contributed by atoms with E-state index in [1.54, 1.807) is 43.3 Å². The number of anilines is 2. The van der Waals surface area contributed by atoms with Crippen LogP contribution in [0.2, 0.25) is 0 Å². The fourth-order valence-electron chi connectivity index (χ4n) is 3.39. The van der Waals surface area contributed by atoms with Crippen LogP contribution >= 0.6 is 0 Å². The third-order valence-electron chi connectivity index (χ3n) is 4.81. The first-order valence-electron chi connectivity index (χ1n) is 9.07. The molecule has 154 valence electrons. The van der Waals surface area contributed by atoms with E-state index in [9.17, 15) is 9.18 Å². The molecular formula is C20H19FN6O3. The van der Waals surface area contributed by atoms with Crippen LogP contribution in [-0.4, -0.2) is 40.3 Å². The summed E-state index contributed by atoms with van der Waals surface area (Å²) in [6.07, 6.45) is 0. The second-order valence-corrected chi connectivity index (χ2v) is 6.56. The molecule has 1 aliphatic rings. The summed E-state index contributed by atoms with van der Waals surface area (Å²) in [4.78, 5) is 13.4. The van der Waals surface area contributed by atoms with Crippen molar-refractivity contribution in [2.24, 2.45) is 0 Å². The number of ether oxygens (including phenoxy) is 2. The SMILES string of the molecule is COc1ccc(OC)c(NC(=O)C2=C(C)Nc3nnnn3[C@@H]2c2ccccc2F)c1. The number of tetrazole rings is 1. The Morgan fingerprint density at radius 3 is 2.73 bits per heavy atom. The maximum atomic E-state index is 14.7. The Morgan fingerprint density at radius 1 is 1.20 bits per heavy atom. The number of fused-ring (bicyclic) bond motifs is 1. The molecule has 2 aromatic carbocycles. The number of carbonyl (C=O) groups is 1. The van der Waals surface area contributed by atoms with Gasteiger partial charge >= 0.3 is 0 Å². The summed E-state index contributed by atoms with van der Waals surface area (Å²) in [5, 5.41) is 17.3. The van der Waals surface area contributed by atoms with Crippen molar-refractivity contribution in [3.8, 4) is 11.5 Å². The molecule has 10 heteroatoms. The van der Waals surface area contributed by atoms with Crippen molar-refractivity contribution in [1.82, 2.24) is 20.2 Å². The quantitative estimate of drug-likeness (QED) is 0.667. The van der Waals surface area contributed by atoms with Crippen molar-refractivity contribution in [3.63, 3.8) is 0 Å². The molecule has 30 heavy (non-hydrogen) atoms. The number of nitrogens with zero attached hydrogens (tertiary/aromatic N) is 4. The van der Waals surface area contributed by atoms with Gasteiger partial charge in [0.15, 0.2) is 0 Å². The zero-order chi connectivity index (χ0) is 21.3. The lowest BCUT2D eigenvalue weighted by atomic mass is 9.94. The van der Waals surface area contributed by atoms with Gasteiger partial charge in [-0.2, -0.15) is 4.68 Å². The highest BCUT2D eigenvalue weighted by molar-refractivity contribution is 6.06. The summed E-state index contributed by atoms with van der Waals surface area (Å²) in [5.41, 5.74) is 1.46. The molecule has 0 fully saturated rings. The molecule has 4 rings (SSSR count). The molecule has 0 spiro atoms. The topological polar surface area (TPSA) is 103 Å². The average molecular weight is 410 g/mol. The van der Waals surface area contributed by atoms with Crippen molar-refractivity contribution in [3.05, 3.63) is 65.1 Å². The average Bonchev–Trinajstić information content (AvgIpc) is 3.21. The lowest BCUT2D eigenvalue weighted by Crippen LogP contribution is -2.32. The number of methoxy groups -OCH3 is 2. The standard InChI is InChI=1S/C20H19FN6O3/c1-11-17(19(28)23-15-10-12(29-2)8-9-16(15)30-3)18(13-6-4-5-7-14(13)21)27-20(22-11)24-25-26-27/h4-10,18H,1-3H3,(H,23,28)(H,22,24,26)/t18-/m1/s1. The fourth-order valence-corrected chi connectivity index (χ4v) is 3.39. The van der Waals surface area contributed by atoms with Gasteiger partial charge in [0.25, 0.3) is 5.91 Å². The van der Waals surface area contributed by atoms with Gasteiger partial charge in [0, 0.05) is 17.3 Å². The molecule has 1 amide bonds. The fraction of sp³-hybridized carbons (Fsp3) is 0.200. The van der Waals surface area contributed by atoms with Gasteiger partial charge in [-0.3, -0.25) is 4.79 Å². The van der Waals surface area contributed by atoms with E-state index in [4.69, 9.17) is 9.47 Å². The largest absolute Gasteiger partial charge is 0.497 e. The molecule has 2 heterocycles. The number of allylic oxidation sites excluding steroid dienone is 1. The molecule has 0 unspecified atom stereocenters. The van der Waals surface area contributed by atoms with E-state index in [1.807, 2.05) is 0 Å². The number of rotatable bonds is 5. The summed E-state index contributed by atoms with van der Waals surface area (Å²) in [6, 6.07) is 10.4. The Kier molecular flexibility index (Phi) is 5.05. The van der Waals surface area contributed by atoms with Gasteiger partial charge in [0.05, 0.1) is 25.5 Å². The maximum absolute atomic E-state index is 14.7. The van der Waals surface area contributed by atoms with E-state index < -0.39 is 17.8 Å². The highest BCUT2D eigenvalue weighted by atomic mass is 19.1. The summed E-state index contributed by atoms with van der Waals surface area (Å²) < 4.78 is 26.6. The molecule has 0 radical (unpaired) electrons. The van der Waals surface area contributed by atoms with Crippen LogP contribution in [0.5, 0.6) is 11.5 Å². The molecule has 9 nitrogen and oxygen atoms in total. The monoisotopic (exact) mass is 410 g/mol. The minimum atomic E-state index is -0.853. The normalized spacial score (nSPS) is 15.3. The maximum Gasteiger partial charge on any atom is 0.255 e. The Morgan fingerprint density at radius 2 is 2.00 bits per heavy atom. The Hall–Kier alpha value is -3.95. The molecule has 0 saturated heterocycles. The van der Waals surface area contributed by atoms with Gasteiger partial charge in [-0.1, -0.05) is 23.3 Å². The molecule has 1 atom stereocenters. The summed E-state index contributed by atoms with van der Waals surface area (Å²) in [6.45, 7) is 1.71. The Balaban J connectivity index is 1.78. The van der Waals surface area contributed by atoms with E-state index in [0.29, 0.717) is 28.8 Å². The number of halogens is 1. The minimum absolute atomic E-state index is 0.268. The third kappa shape index (κ3) is 3.32. The highest BCUT2D eigenvalue weighted by Gasteiger charge is 2.35. The number of hydrogen-bond donors (Lipinski definition) is 2. The van der Waals surface area contributed by atoms with Crippen LogP contribution < -0.4 is 20.1 Å². The zero-order valence-electron chi connectivity index (χ0n) is 16.5. The predicted molar refractivity (Wildman–Crippen MR) is 107 cm³/mol. The highest BCUT2D eigenvalue weighted by Crippen LogP contribution is 2.37.